The molecule has 0 aromatic carbocycles. The van der Waals surface area contributed by atoms with Crippen LogP contribution < -0.4 is 14.8 Å². The Morgan fingerprint density at radius 2 is 1.97 bits per heavy atom. The van der Waals surface area contributed by atoms with Crippen LogP contribution >= 0.6 is 11.3 Å². The van der Waals surface area contributed by atoms with Gasteiger partial charge in [-0.2, -0.15) is 13.2 Å². The third-order valence-electron chi connectivity index (χ3n) is 4.42. The summed E-state index contributed by atoms with van der Waals surface area (Å²) in [7, 11) is 0. The van der Waals surface area contributed by atoms with Crippen LogP contribution in [-0.2, 0) is 9.53 Å². The van der Waals surface area contributed by atoms with E-state index < -0.39 is 31.2 Å². The summed E-state index contributed by atoms with van der Waals surface area (Å²) < 4.78 is 77.1. The molecule has 1 aliphatic rings. The van der Waals surface area contributed by atoms with Crippen molar-refractivity contribution in [3.05, 3.63) is 12.1 Å². The zero-order valence-electron chi connectivity index (χ0n) is 16.3. The molecule has 1 fully saturated rings. The summed E-state index contributed by atoms with van der Waals surface area (Å²) in [6.45, 7) is 1.07. The average molecular weight is 469 g/mol. The number of fused-ring (bicyclic) bond motifs is 1. The van der Waals surface area contributed by atoms with Crippen molar-refractivity contribution in [2.75, 3.05) is 19.8 Å². The third-order valence-corrected chi connectivity index (χ3v) is 5.30. The van der Waals surface area contributed by atoms with Gasteiger partial charge in [-0.3, -0.25) is 4.79 Å². The Balaban J connectivity index is 1.36. The largest absolute Gasteiger partial charge is 0.477 e. The Morgan fingerprint density at radius 1 is 1.23 bits per heavy atom. The molecule has 3 rings (SSSR count). The van der Waals surface area contributed by atoms with Gasteiger partial charge in [-0.25, -0.2) is 18.7 Å². The van der Waals surface area contributed by atoms with Crippen LogP contribution in [0, 0.1) is 5.92 Å². The predicted molar refractivity (Wildman–Crippen MR) is 101 cm³/mol. The highest BCUT2D eigenvalue weighted by Gasteiger charge is 2.39. The van der Waals surface area contributed by atoms with Gasteiger partial charge >= 0.3 is 12.1 Å². The molecule has 0 saturated heterocycles. The zero-order valence-corrected chi connectivity index (χ0v) is 17.1. The zero-order chi connectivity index (χ0) is 22.6. The number of aromatic nitrogens is 2. The van der Waals surface area contributed by atoms with Crippen molar-refractivity contribution in [2.24, 2.45) is 5.92 Å². The standard InChI is InChI=1S/C18H20F5N3O4S/c1-9(24-16(27)18(21,22)23)6-28-11-4-10(5-11)7-29-14-3-2-12-15(26-14)31-17(25-12)30-8-13(19)20/h2-3,9-11,13H,4-8H2,1H3,(H,24,27)/t9-,10-,11-/m0/s1. The van der Waals surface area contributed by atoms with Gasteiger partial charge in [0.1, 0.15) is 5.52 Å². The number of hydrogen-bond acceptors (Lipinski definition) is 7. The number of amides is 1. The van der Waals surface area contributed by atoms with Gasteiger partial charge in [0.15, 0.2) is 11.4 Å². The number of carbonyl (C=O) groups excluding carboxylic acids is 1. The van der Waals surface area contributed by atoms with Crippen molar-refractivity contribution in [1.82, 2.24) is 15.3 Å². The molecule has 1 aliphatic carbocycles. The molecule has 0 radical (unpaired) electrons. The lowest BCUT2D eigenvalue weighted by molar-refractivity contribution is -0.175. The lowest BCUT2D eigenvalue weighted by Gasteiger charge is -2.35. The Morgan fingerprint density at radius 3 is 2.65 bits per heavy atom. The molecule has 172 valence electrons. The number of nitrogens with one attached hydrogen (secondary N) is 1. The first-order chi connectivity index (χ1) is 14.6. The first-order valence-electron chi connectivity index (χ1n) is 9.40. The van der Waals surface area contributed by atoms with E-state index in [1.165, 1.54) is 6.92 Å². The number of carbonyl (C=O) groups is 1. The van der Waals surface area contributed by atoms with E-state index in [1.54, 1.807) is 12.1 Å². The molecule has 13 heteroatoms. The van der Waals surface area contributed by atoms with Crippen LogP contribution in [0.15, 0.2) is 12.1 Å². The van der Waals surface area contributed by atoms with Gasteiger partial charge in [-0.15, -0.1) is 0 Å². The maximum absolute atomic E-state index is 12.2. The second-order valence-electron chi connectivity index (χ2n) is 7.13. The summed E-state index contributed by atoms with van der Waals surface area (Å²) in [5.41, 5.74) is 0.519. The van der Waals surface area contributed by atoms with Crippen molar-refractivity contribution in [2.45, 2.75) is 44.5 Å². The van der Waals surface area contributed by atoms with Crippen molar-refractivity contribution in [3.8, 4) is 11.1 Å². The molecule has 0 unspecified atom stereocenters. The number of nitrogens with zero attached hydrogens (tertiary/aromatic N) is 2. The maximum Gasteiger partial charge on any atom is 0.471 e. The minimum Gasteiger partial charge on any atom is -0.477 e. The lowest BCUT2D eigenvalue weighted by Crippen LogP contribution is -2.45. The molecule has 1 saturated carbocycles. The van der Waals surface area contributed by atoms with Crippen molar-refractivity contribution in [3.63, 3.8) is 0 Å². The van der Waals surface area contributed by atoms with Gasteiger partial charge in [0.05, 0.1) is 19.3 Å². The normalized spacial score (nSPS) is 19.8. The van der Waals surface area contributed by atoms with Crippen molar-refractivity contribution in [1.29, 1.82) is 0 Å². The summed E-state index contributed by atoms with van der Waals surface area (Å²) in [5.74, 6) is -1.42. The molecule has 7 nitrogen and oxygen atoms in total. The predicted octanol–water partition coefficient (Wildman–Crippen LogP) is 3.58. The fourth-order valence-corrected chi connectivity index (χ4v) is 3.62. The summed E-state index contributed by atoms with van der Waals surface area (Å²) in [6, 6.07) is 2.53. The molecule has 1 atom stereocenters. The van der Waals surface area contributed by atoms with Gasteiger partial charge in [0, 0.05) is 12.1 Å². The number of alkyl halides is 5. The molecule has 31 heavy (non-hydrogen) atoms. The van der Waals surface area contributed by atoms with E-state index >= 15 is 0 Å². The van der Waals surface area contributed by atoms with Crippen molar-refractivity contribution < 1.29 is 41.0 Å². The minimum absolute atomic E-state index is 0.0143. The van der Waals surface area contributed by atoms with Crippen LogP contribution in [0.3, 0.4) is 0 Å². The summed E-state index contributed by atoms with van der Waals surface area (Å²) in [4.78, 5) is 19.7. The van der Waals surface area contributed by atoms with Gasteiger partial charge in [-0.1, -0.05) is 11.3 Å². The number of pyridine rings is 1. The van der Waals surface area contributed by atoms with Crippen LogP contribution in [0.2, 0.25) is 0 Å². The van der Waals surface area contributed by atoms with E-state index in [0.717, 1.165) is 11.3 Å². The van der Waals surface area contributed by atoms with Crippen LogP contribution in [0.25, 0.3) is 10.3 Å². The fraction of sp³-hybridized carbons (Fsp3) is 0.611. The first kappa shape index (κ1) is 23.4. The van der Waals surface area contributed by atoms with E-state index in [2.05, 4.69) is 9.97 Å². The maximum atomic E-state index is 12.2. The minimum atomic E-state index is -4.91. The van der Waals surface area contributed by atoms with Gasteiger partial charge in [-0.05, 0) is 31.7 Å². The molecule has 0 spiro atoms. The van der Waals surface area contributed by atoms with E-state index in [4.69, 9.17) is 14.2 Å². The Bertz CT molecular complexity index is 889. The molecule has 2 aromatic heterocycles. The van der Waals surface area contributed by atoms with Crippen LogP contribution in [0.5, 0.6) is 11.1 Å². The number of hydrogen-bond donors (Lipinski definition) is 1. The van der Waals surface area contributed by atoms with E-state index in [1.807, 2.05) is 5.32 Å². The third kappa shape index (κ3) is 6.86. The second-order valence-corrected chi connectivity index (χ2v) is 8.07. The lowest BCUT2D eigenvalue weighted by atomic mass is 9.83. The molecule has 2 aromatic rings. The summed E-state index contributed by atoms with van der Waals surface area (Å²) in [6.07, 6.45) is -6.26. The molecular weight excluding hydrogens is 449 g/mol. The van der Waals surface area contributed by atoms with Gasteiger partial charge < -0.3 is 19.5 Å². The number of ether oxygens (including phenoxy) is 3. The van der Waals surface area contributed by atoms with Gasteiger partial charge in [0.25, 0.3) is 11.6 Å². The SMILES string of the molecule is C[C@@H](CO[C@H]1C[C@H](COc2ccc3nc(OCC(F)F)sc3n2)C1)NC(=O)C(F)(F)F. The van der Waals surface area contributed by atoms with Crippen LogP contribution in [0.4, 0.5) is 22.0 Å². The molecule has 2 heterocycles. The molecule has 0 aliphatic heterocycles. The first-order valence-corrected chi connectivity index (χ1v) is 10.2. The second kappa shape index (κ2) is 9.90. The molecule has 0 bridgehead atoms. The Labute approximate surface area is 177 Å². The van der Waals surface area contributed by atoms with E-state index in [-0.39, 0.29) is 23.8 Å². The van der Waals surface area contributed by atoms with E-state index in [0.29, 0.717) is 35.7 Å². The Hall–Kier alpha value is -2.28. The molecular formula is C18H20F5N3O4S. The highest BCUT2D eigenvalue weighted by Crippen LogP contribution is 2.32. The van der Waals surface area contributed by atoms with E-state index in [9.17, 15) is 26.7 Å². The van der Waals surface area contributed by atoms with Crippen molar-refractivity contribution >= 4 is 27.6 Å². The highest BCUT2D eigenvalue weighted by atomic mass is 32.1. The monoisotopic (exact) mass is 469 g/mol. The van der Waals surface area contributed by atoms with Crippen LogP contribution in [0.1, 0.15) is 19.8 Å². The topological polar surface area (TPSA) is 82.6 Å². The molecule has 1 N–H and O–H groups in total. The van der Waals surface area contributed by atoms with Gasteiger partial charge in [0.2, 0.25) is 5.88 Å². The summed E-state index contributed by atoms with van der Waals surface area (Å²) in [5, 5.41) is 1.95. The number of halogens is 5. The van der Waals surface area contributed by atoms with Crippen LogP contribution in [-0.4, -0.2) is 60.4 Å². The number of rotatable bonds is 10. The average Bonchev–Trinajstić information content (AvgIpc) is 3.06. The smallest absolute Gasteiger partial charge is 0.471 e. The highest BCUT2D eigenvalue weighted by molar-refractivity contribution is 7.19. The quantitative estimate of drug-likeness (QED) is 0.536. The fourth-order valence-electron chi connectivity index (χ4n) is 2.83. The molecule has 1 amide bonds. The Kier molecular flexibility index (Phi) is 7.46. The number of thiazole rings is 1. The summed E-state index contributed by atoms with van der Waals surface area (Å²) >= 11 is 1.04.